The van der Waals surface area contributed by atoms with Gasteiger partial charge in [-0.3, -0.25) is 4.79 Å². The molecule has 0 amide bonds. The van der Waals surface area contributed by atoms with Crippen LogP contribution in [0.1, 0.15) is 5.56 Å². The smallest absolute Gasteiger partial charge is 0.320 e. The Hall–Kier alpha value is -0.590. The summed E-state index contributed by atoms with van der Waals surface area (Å²) in [7, 11) is 0. The van der Waals surface area contributed by atoms with Crippen molar-refractivity contribution in [3.05, 3.63) is 26.6 Å². The number of nitrogens with two attached hydrogens (primary N) is 1. The van der Waals surface area contributed by atoms with E-state index in [1.807, 2.05) is 0 Å². The number of carbonyl (C=O) groups is 1. The zero-order valence-electron chi connectivity index (χ0n) is 7.58. The van der Waals surface area contributed by atoms with Crippen LogP contribution in [0.25, 0.3) is 0 Å². The summed E-state index contributed by atoms with van der Waals surface area (Å²) in [6.07, 6.45) is 0.163. The van der Waals surface area contributed by atoms with Gasteiger partial charge >= 0.3 is 5.97 Å². The lowest BCUT2D eigenvalue weighted by atomic mass is 10.1. The van der Waals surface area contributed by atoms with Gasteiger partial charge in [-0.25, -0.2) is 0 Å². The Bertz CT molecular complexity index is 395. The Kier molecular flexibility index (Phi) is 4.12. The molecular formula is C9H9Br2NO3. The highest BCUT2D eigenvalue weighted by atomic mass is 79.9. The van der Waals surface area contributed by atoms with E-state index in [2.05, 4.69) is 31.9 Å². The number of benzene rings is 1. The summed E-state index contributed by atoms with van der Waals surface area (Å²) >= 11 is 6.33. The molecule has 4 nitrogen and oxygen atoms in total. The van der Waals surface area contributed by atoms with Crippen LogP contribution in [0.15, 0.2) is 21.1 Å². The molecule has 1 atom stereocenters. The summed E-state index contributed by atoms with van der Waals surface area (Å²) in [5.41, 5.74) is 6.05. The number of hydrogen-bond donors (Lipinski definition) is 3. The number of aliphatic carboxylic acids is 1. The Morgan fingerprint density at radius 2 is 2.07 bits per heavy atom. The molecule has 1 aromatic rings. The number of hydrogen-bond acceptors (Lipinski definition) is 3. The van der Waals surface area contributed by atoms with Gasteiger partial charge in [0, 0.05) is 0 Å². The molecule has 0 heterocycles. The lowest BCUT2D eigenvalue weighted by Gasteiger charge is -2.10. The molecule has 0 aliphatic heterocycles. The molecule has 1 aromatic carbocycles. The van der Waals surface area contributed by atoms with Gasteiger partial charge in [-0.2, -0.15) is 0 Å². The second-order valence-electron chi connectivity index (χ2n) is 3.02. The van der Waals surface area contributed by atoms with Crippen molar-refractivity contribution in [3.8, 4) is 5.75 Å². The zero-order valence-corrected chi connectivity index (χ0v) is 10.7. The molecule has 0 aliphatic rings. The van der Waals surface area contributed by atoms with Crippen molar-refractivity contribution < 1.29 is 15.0 Å². The van der Waals surface area contributed by atoms with Crippen LogP contribution < -0.4 is 5.73 Å². The van der Waals surface area contributed by atoms with Gasteiger partial charge in [0.15, 0.2) is 0 Å². The topological polar surface area (TPSA) is 83.5 Å². The molecule has 15 heavy (non-hydrogen) atoms. The van der Waals surface area contributed by atoms with Crippen LogP contribution in [-0.2, 0) is 11.2 Å². The number of rotatable bonds is 3. The van der Waals surface area contributed by atoms with E-state index < -0.39 is 12.0 Å². The molecular weight excluding hydrogens is 330 g/mol. The molecule has 0 saturated heterocycles. The van der Waals surface area contributed by atoms with Crippen LogP contribution >= 0.6 is 31.9 Å². The molecule has 0 aromatic heterocycles. The highest BCUT2D eigenvalue weighted by Gasteiger charge is 2.16. The summed E-state index contributed by atoms with van der Waals surface area (Å²) in [6, 6.07) is 2.38. The summed E-state index contributed by atoms with van der Waals surface area (Å²) in [5.74, 6) is -1.02. The number of halogens is 2. The number of aromatic hydroxyl groups is 1. The van der Waals surface area contributed by atoms with E-state index in [0.29, 0.717) is 14.5 Å². The third-order valence-electron chi connectivity index (χ3n) is 1.90. The van der Waals surface area contributed by atoms with Gasteiger partial charge < -0.3 is 15.9 Å². The molecule has 1 rings (SSSR count). The third kappa shape index (κ3) is 2.93. The van der Waals surface area contributed by atoms with Crippen molar-refractivity contribution in [1.82, 2.24) is 0 Å². The van der Waals surface area contributed by atoms with E-state index in [1.165, 1.54) is 0 Å². The van der Waals surface area contributed by atoms with Gasteiger partial charge in [0.25, 0.3) is 0 Å². The quantitative estimate of drug-likeness (QED) is 0.785. The average molecular weight is 339 g/mol. The van der Waals surface area contributed by atoms with Crippen molar-refractivity contribution >= 4 is 37.8 Å². The number of phenolic OH excluding ortho intramolecular Hbond substituents is 1. The summed E-state index contributed by atoms with van der Waals surface area (Å²) in [6.45, 7) is 0. The minimum absolute atomic E-state index is 0.0464. The molecule has 1 unspecified atom stereocenters. The van der Waals surface area contributed by atoms with E-state index in [1.54, 1.807) is 12.1 Å². The van der Waals surface area contributed by atoms with Crippen LogP contribution in [0, 0.1) is 0 Å². The lowest BCUT2D eigenvalue weighted by Crippen LogP contribution is -2.32. The van der Waals surface area contributed by atoms with Crippen LogP contribution in [-0.4, -0.2) is 22.2 Å². The highest BCUT2D eigenvalue weighted by molar-refractivity contribution is 9.11. The minimum Gasteiger partial charge on any atom is -0.506 e. The maximum atomic E-state index is 10.6. The fourth-order valence-electron chi connectivity index (χ4n) is 1.06. The second-order valence-corrected chi connectivity index (χ2v) is 4.67. The van der Waals surface area contributed by atoms with Crippen molar-refractivity contribution in [2.45, 2.75) is 12.5 Å². The number of phenols is 1. The number of carboxylic acid groups (broad SMARTS) is 1. The highest BCUT2D eigenvalue weighted by Crippen LogP contribution is 2.35. The molecule has 0 radical (unpaired) electrons. The van der Waals surface area contributed by atoms with Gasteiger partial charge in [-0.1, -0.05) is 6.07 Å². The van der Waals surface area contributed by atoms with E-state index >= 15 is 0 Å². The normalized spacial score (nSPS) is 12.5. The van der Waals surface area contributed by atoms with Crippen molar-refractivity contribution in [2.75, 3.05) is 0 Å². The van der Waals surface area contributed by atoms with Gasteiger partial charge in [0.2, 0.25) is 0 Å². The monoisotopic (exact) mass is 337 g/mol. The van der Waals surface area contributed by atoms with Crippen molar-refractivity contribution in [2.24, 2.45) is 5.73 Å². The predicted molar refractivity (Wildman–Crippen MR) is 62.8 cm³/mol. The number of carboxylic acids is 1. The summed E-state index contributed by atoms with van der Waals surface area (Å²) in [5, 5.41) is 18.2. The minimum atomic E-state index is -1.07. The van der Waals surface area contributed by atoms with Gasteiger partial charge in [0.1, 0.15) is 11.8 Å². The third-order valence-corrected chi connectivity index (χ3v) is 3.43. The second kappa shape index (κ2) is 4.96. The van der Waals surface area contributed by atoms with Crippen LogP contribution in [0.3, 0.4) is 0 Å². The first kappa shape index (κ1) is 12.5. The molecule has 0 bridgehead atoms. The molecule has 0 aliphatic carbocycles. The molecule has 6 heteroatoms. The van der Waals surface area contributed by atoms with Gasteiger partial charge in [-0.05, 0) is 49.9 Å². The fourth-order valence-corrected chi connectivity index (χ4v) is 2.17. The van der Waals surface area contributed by atoms with Crippen LogP contribution in [0.2, 0.25) is 0 Å². The lowest BCUT2D eigenvalue weighted by molar-refractivity contribution is -0.138. The summed E-state index contributed by atoms with van der Waals surface area (Å²) < 4.78 is 1.01. The van der Waals surface area contributed by atoms with E-state index in [4.69, 9.17) is 10.8 Å². The first-order chi connectivity index (χ1) is 6.93. The maximum Gasteiger partial charge on any atom is 0.320 e. The molecule has 82 valence electrons. The Morgan fingerprint density at radius 3 is 2.60 bits per heavy atom. The van der Waals surface area contributed by atoms with Gasteiger partial charge in [-0.15, -0.1) is 0 Å². The van der Waals surface area contributed by atoms with E-state index in [0.717, 1.165) is 0 Å². The molecule has 0 fully saturated rings. The first-order valence-corrected chi connectivity index (χ1v) is 5.66. The van der Waals surface area contributed by atoms with E-state index in [9.17, 15) is 9.90 Å². The fraction of sp³-hybridized carbons (Fsp3) is 0.222. The first-order valence-electron chi connectivity index (χ1n) is 4.07. The average Bonchev–Trinajstić information content (AvgIpc) is 2.18. The Morgan fingerprint density at radius 1 is 1.47 bits per heavy atom. The Balaban J connectivity index is 2.97. The SMILES string of the molecule is NC(Cc1ccc(Br)c(O)c1Br)C(=O)O. The van der Waals surface area contributed by atoms with Crippen LogP contribution in [0.5, 0.6) is 5.75 Å². The Labute approximate surface area is 103 Å². The largest absolute Gasteiger partial charge is 0.506 e. The van der Waals surface area contributed by atoms with Crippen molar-refractivity contribution in [1.29, 1.82) is 0 Å². The standard InChI is InChI=1S/C9H9Br2NO3/c10-5-2-1-4(7(11)8(5)13)3-6(12)9(14)15/h1-2,6,13H,3,12H2,(H,14,15). The molecule has 4 N–H and O–H groups in total. The maximum absolute atomic E-state index is 10.6. The van der Waals surface area contributed by atoms with Gasteiger partial charge in [0.05, 0.1) is 8.95 Å². The predicted octanol–water partition coefficient (Wildman–Crippen LogP) is 1.87. The zero-order chi connectivity index (χ0) is 11.6. The van der Waals surface area contributed by atoms with Crippen molar-refractivity contribution in [3.63, 3.8) is 0 Å². The van der Waals surface area contributed by atoms with Crippen LogP contribution in [0.4, 0.5) is 0 Å². The molecule has 0 saturated carbocycles. The molecule has 0 spiro atoms. The van der Waals surface area contributed by atoms with E-state index in [-0.39, 0.29) is 12.2 Å². The summed E-state index contributed by atoms with van der Waals surface area (Å²) in [4.78, 5) is 10.6.